The van der Waals surface area contributed by atoms with Crippen molar-refractivity contribution in [2.75, 3.05) is 6.61 Å². The molecule has 0 N–H and O–H groups in total. The van der Waals surface area contributed by atoms with E-state index < -0.39 is 0 Å². The first kappa shape index (κ1) is 20.1. The molecule has 1 aromatic carbocycles. The largest absolute Gasteiger partial charge is 0.494 e. The van der Waals surface area contributed by atoms with E-state index in [0.29, 0.717) is 0 Å². The molecule has 1 nitrogen and oxygen atoms in total. The molecule has 0 heterocycles. The Bertz CT molecular complexity index is 465. The topological polar surface area (TPSA) is 9.23 Å². The molecule has 25 heavy (non-hydrogen) atoms. The van der Waals surface area contributed by atoms with Crippen LogP contribution < -0.4 is 4.74 Å². The Hall–Kier alpha value is -1.24. The van der Waals surface area contributed by atoms with Crippen LogP contribution >= 0.6 is 0 Å². The average Bonchev–Trinajstić information content (AvgIpc) is 2.65. The molecule has 2 rings (SSSR count). The first-order valence-corrected chi connectivity index (χ1v) is 10.7. The molecule has 0 aromatic heterocycles. The molecule has 0 bridgehead atoms. The van der Waals surface area contributed by atoms with Crippen molar-refractivity contribution in [1.82, 2.24) is 0 Å². The maximum Gasteiger partial charge on any atom is 0.119 e. The maximum absolute atomic E-state index is 5.78. The van der Waals surface area contributed by atoms with Crippen LogP contribution in [0.25, 0.3) is 0 Å². The monoisotopic (exact) mass is 342 g/mol. The van der Waals surface area contributed by atoms with Crippen LogP contribution in [0.5, 0.6) is 5.75 Å². The van der Waals surface area contributed by atoms with E-state index in [4.69, 9.17) is 4.74 Å². The van der Waals surface area contributed by atoms with E-state index >= 15 is 0 Å². The third kappa shape index (κ3) is 8.12. The van der Waals surface area contributed by atoms with Gasteiger partial charge >= 0.3 is 0 Å². The van der Waals surface area contributed by atoms with Gasteiger partial charge in [0, 0.05) is 0 Å². The Morgan fingerprint density at radius 3 is 2.40 bits per heavy atom. The van der Waals surface area contributed by atoms with Crippen LogP contribution in [0.15, 0.2) is 36.4 Å². The first-order chi connectivity index (χ1) is 12.3. The molecule has 0 spiro atoms. The summed E-state index contributed by atoms with van der Waals surface area (Å²) in [6, 6.07) is 8.69. The zero-order valence-corrected chi connectivity index (χ0v) is 16.5. The fourth-order valence-corrected chi connectivity index (χ4v) is 3.91. The number of allylic oxidation sites excluding steroid dienone is 2. The minimum Gasteiger partial charge on any atom is -0.494 e. The van der Waals surface area contributed by atoms with Crippen molar-refractivity contribution in [2.45, 2.75) is 84.5 Å². The van der Waals surface area contributed by atoms with Gasteiger partial charge in [0.1, 0.15) is 5.75 Å². The maximum atomic E-state index is 5.78. The predicted molar refractivity (Wildman–Crippen MR) is 109 cm³/mol. The highest BCUT2D eigenvalue weighted by atomic mass is 16.5. The number of unbranched alkanes of at least 4 members (excludes halogenated alkanes) is 2. The van der Waals surface area contributed by atoms with E-state index in [1.807, 2.05) is 0 Å². The van der Waals surface area contributed by atoms with Crippen LogP contribution in [-0.4, -0.2) is 6.61 Å². The van der Waals surface area contributed by atoms with Gasteiger partial charge in [0.05, 0.1) is 6.61 Å². The lowest BCUT2D eigenvalue weighted by Gasteiger charge is -2.26. The van der Waals surface area contributed by atoms with Crippen LogP contribution in [0, 0.1) is 11.8 Å². The summed E-state index contributed by atoms with van der Waals surface area (Å²) in [7, 11) is 0. The Balaban J connectivity index is 1.61. The highest BCUT2D eigenvalue weighted by Gasteiger charge is 2.18. The van der Waals surface area contributed by atoms with E-state index in [0.717, 1.165) is 43.5 Å². The number of ether oxygens (including phenoxy) is 1. The molecule has 0 aliphatic heterocycles. The summed E-state index contributed by atoms with van der Waals surface area (Å²) in [6.45, 7) is 5.38. The van der Waals surface area contributed by atoms with E-state index in [9.17, 15) is 0 Å². The van der Waals surface area contributed by atoms with Crippen LogP contribution in [-0.2, 0) is 6.42 Å². The number of hydrogen-bond donors (Lipinski definition) is 0. The van der Waals surface area contributed by atoms with Crippen molar-refractivity contribution in [3.05, 3.63) is 42.0 Å². The van der Waals surface area contributed by atoms with E-state index in [1.54, 1.807) is 0 Å². The zero-order valence-electron chi connectivity index (χ0n) is 16.5. The second kappa shape index (κ2) is 12.2. The van der Waals surface area contributed by atoms with Crippen molar-refractivity contribution >= 4 is 0 Å². The number of aryl methyl sites for hydroxylation is 1. The number of benzene rings is 1. The normalized spacial score (nSPS) is 20.9. The van der Waals surface area contributed by atoms with Crippen molar-refractivity contribution in [2.24, 2.45) is 11.8 Å². The lowest BCUT2D eigenvalue weighted by atomic mass is 9.80. The molecule has 1 aliphatic carbocycles. The molecular weight excluding hydrogens is 304 g/mol. The Morgan fingerprint density at radius 2 is 1.72 bits per heavy atom. The Labute approximate surface area is 155 Å². The van der Waals surface area contributed by atoms with Gasteiger partial charge in [-0.25, -0.2) is 0 Å². The van der Waals surface area contributed by atoms with Gasteiger partial charge in [0.25, 0.3) is 0 Å². The van der Waals surface area contributed by atoms with Crippen LogP contribution in [0.4, 0.5) is 0 Å². The second-order valence-electron chi connectivity index (χ2n) is 7.74. The molecule has 0 atom stereocenters. The molecule has 0 amide bonds. The van der Waals surface area contributed by atoms with Gasteiger partial charge in [-0.2, -0.15) is 0 Å². The molecule has 1 heteroatoms. The molecule has 1 aromatic rings. The second-order valence-corrected chi connectivity index (χ2v) is 7.74. The summed E-state index contributed by atoms with van der Waals surface area (Å²) < 4.78 is 5.78. The highest BCUT2D eigenvalue weighted by Crippen LogP contribution is 2.32. The van der Waals surface area contributed by atoms with Gasteiger partial charge in [-0.15, -0.1) is 0 Å². The summed E-state index contributed by atoms with van der Waals surface area (Å²) >= 11 is 0. The van der Waals surface area contributed by atoms with E-state index in [1.165, 1.54) is 56.9 Å². The minimum atomic E-state index is 0.840. The number of rotatable bonds is 11. The third-order valence-corrected chi connectivity index (χ3v) is 5.54. The van der Waals surface area contributed by atoms with Crippen LogP contribution in [0.3, 0.4) is 0 Å². The summed E-state index contributed by atoms with van der Waals surface area (Å²) in [6.07, 6.45) is 19.4. The SMILES string of the molecule is CCCCCOc1ccc(CC/C=C/[C@H]2CC[C@H](CCC)CC2)cc1. The summed E-state index contributed by atoms with van der Waals surface area (Å²) in [5, 5.41) is 0. The molecule has 0 radical (unpaired) electrons. The van der Waals surface area contributed by atoms with E-state index in [2.05, 4.69) is 50.3 Å². The van der Waals surface area contributed by atoms with Crippen LogP contribution in [0.2, 0.25) is 0 Å². The third-order valence-electron chi connectivity index (χ3n) is 5.54. The lowest BCUT2D eigenvalue weighted by molar-refractivity contribution is 0.294. The minimum absolute atomic E-state index is 0.840. The van der Waals surface area contributed by atoms with Gasteiger partial charge in [-0.3, -0.25) is 0 Å². The summed E-state index contributed by atoms with van der Waals surface area (Å²) in [5.74, 6) is 2.86. The standard InChI is InChI=1S/C24H38O/c1-3-5-8-20-25-24-18-16-23(17-19-24)11-7-6-10-22-14-12-21(9-4-2)13-15-22/h6,10,16-19,21-22H,3-5,7-9,11-15,20H2,1-2H3/b10-6+/t21-,22-. The van der Waals surface area contributed by atoms with Crippen LogP contribution in [0.1, 0.15) is 83.6 Å². The molecule has 1 fully saturated rings. The molecule has 1 saturated carbocycles. The van der Waals surface area contributed by atoms with Gasteiger partial charge in [0.15, 0.2) is 0 Å². The van der Waals surface area contributed by atoms with Gasteiger partial charge in [0.2, 0.25) is 0 Å². The zero-order chi connectivity index (χ0) is 17.7. The van der Waals surface area contributed by atoms with Crippen molar-refractivity contribution < 1.29 is 4.74 Å². The molecule has 1 aliphatic rings. The van der Waals surface area contributed by atoms with Crippen molar-refractivity contribution in [3.8, 4) is 5.75 Å². The van der Waals surface area contributed by atoms with Crippen molar-refractivity contribution in [3.63, 3.8) is 0 Å². The fourth-order valence-electron chi connectivity index (χ4n) is 3.91. The quantitative estimate of drug-likeness (QED) is 0.302. The molecular formula is C24H38O. The number of hydrogen-bond acceptors (Lipinski definition) is 1. The van der Waals surface area contributed by atoms with Gasteiger partial charge < -0.3 is 4.74 Å². The molecule has 0 saturated heterocycles. The van der Waals surface area contributed by atoms with Gasteiger partial charge in [-0.1, -0.05) is 63.8 Å². The fraction of sp³-hybridized carbons (Fsp3) is 0.667. The molecule has 0 unspecified atom stereocenters. The molecule has 140 valence electrons. The lowest BCUT2D eigenvalue weighted by Crippen LogP contribution is -2.12. The Kier molecular flexibility index (Phi) is 9.77. The Morgan fingerprint density at radius 1 is 0.960 bits per heavy atom. The summed E-state index contributed by atoms with van der Waals surface area (Å²) in [5.41, 5.74) is 1.41. The van der Waals surface area contributed by atoms with Gasteiger partial charge in [-0.05, 0) is 74.5 Å². The highest BCUT2D eigenvalue weighted by molar-refractivity contribution is 5.27. The van der Waals surface area contributed by atoms with E-state index in [-0.39, 0.29) is 0 Å². The first-order valence-electron chi connectivity index (χ1n) is 10.7. The average molecular weight is 343 g/mol. The predicted octanol–water partition coefficient (Wildman–Crippen LogP) is 7.35. The van der Waals surface area contributed by atoms with Crippen molar-refractivity contribution in [1.29, 1.82) is 0 Å². The smallest absolute Gasteiger partial charge is 0.119 e. The summed E-state index contributed by atoms with van der Waals surface area (Å²) in [4.78, 5) is 0.